The molecule has 0 radical (unpaired) electrons. The van der Waals surface area contributed by atoms with Gasteiger partial charge in [-0.15, -0.1) is 0 Å². The lowest BCUT2D eigenvalue weighted by Crippen LogP contribution is -1.98. The zero-order chi connectivity index (χ0) is 7.82. The number of hydrogen-bond acceptors (Lipinski definition) is 1. The Hall–Kier alpha value is 0.690. The fourth-order valence-corrected chi connectivity index (χ4v) is 1.29. The lowest BCUT2D eigenvalue weighted by Gasteiger charge is -2.05. The molecule has 0 aliphatic rings. The van der Waals surface area contributed by atoms with Crippen LogP contribution in [-0.2, 0) is 4.74 Å². The highest BCUT2D eigenvalue weighted by Gasteiger charge is 1.98. The monoisotopic (exact) mass is 256 g/mol. The van der Waals surface area contributed by atoms with Crippen molar-refractivity contribution in [1.29, 1.82) is 0 Å². The van der Waals surface area contributed by atoms with Gasteiger partial charge in [-0.2, -0.15) is 0 Å². The highest BCUT2D eigenvalue weighted by Crippen LogP contribution is 2.12. The minimum atomic E-state index is 0.425. The predicted octanol–water partition coefficient (Wildman–Crippen LogP) is 3.36. The van der Waals surface area contributed by atoms with Gasteiger partial charge in [-0.1, -0.05) is 55.2 Å². The molecule has 0 aliphatic heterocycles. The highest BCUT2D eigenvalue weighted by molar-refractivity contribution is 14.1. The summed E-state index contributed by atoms with van der Waals surface area (Å²) in [6.45, 7) is 2.23. The van der Waals surface area contributed by atoms with E-state index in [0.29, 0.717) is 4.11 Å². The SMILES string of the molecule is CCCCCC[C@@H](I)OC. The first kappa shape index (κ1) is 10.7. The number of unbranched alkanes of at least 4 members (excludes halogenated alkanes) is 3. The van der Waals surface area contributed by atoms with E-state index in [-0.39, 0.29) is 0 Å². The van der Waals surface area contributed by atoms with Crippen molar-refractivity contribution in [2.45, 2.75) is 43.1 Å². The van der Waals surface area contributed by atoms with Gasteiger partial charge in [0.1, 0.15) is 4.11 Å². The van der Waals surface area contributed by atoms with Crippen LogP contribution in [0.15, 0.2) is 0 Å². The Kier molecular flexibility index (Phi) is 8.33. The molecule has 0 aromatic rings. The van der Waals surface area contributed by atoms with Crippen LogP contribution >= 0.6 is 22.6 Å². The van der Waals surface area contributed by atoms with Gasteiger partial charge in [0.05, 0.1) is 0 Å². The molecule has 0 N–H and O–H groups in total. The van der Waals surface area contributed by atoms with E-state index in [0.717, 1.165) is 0 Å². The van der Waals surface area contributed by atoms with Gasteiger partial charge in [0.15, 0.2) is 0 Å². The van der Waals surface area contributed by atoms with Crippen LogP contribution in [-0.4, -0.2) is 11.2 Å². The first-order chi connectivity index (χ1) is 4.81. The summed E-state index contributed by atoms with van der Waals surface area (Å²) in [4.78, 5) is 0. The molecule has 2 heteroatoms. The van der Waals surface area contributed by atoms with E-state index >= 15 is 0 Å². The van der Waals surface area contributed by atoms with Crippen LogP contribution in [0.5, 0.6) is 0 Å². The molecular weight excluding hydrogens is 239 g/mol. The van der Waals surface area contributed by atoms with Gasteiger partial charge in [-0.25, -0.2) is 0 Å². The lowest BCUT2D eigenvalue weighted by molar-refractivity contribution is 0.176. The number of rotatable bonds is 6. The second-order valence-electron chi connectivity index (χ2n) is 2.50. The fourth-order valence-electron chi connectivity index (χ4n) is 0.849. The summed E-state index contributed by atoms with van der Waals surface area (Å²) in [5, 5.41) is 0. The number of hydrogen-bond donors (Lipinski definition) is 0. The summed E-state index contributed by atoms with van der Waals surface area (Å²) >= 11 is 2.34. The topological polar surface area (TPSA) is 9.23 Å². The van der Waals surface area contributed by atoms with E-state index in [1.807, 2.05) is 0 Å². The van der Waals surface area contributed by atoms with E-state index in [9.17, 15) is 0 Å². The predicted molar refractivity (Wildman–Crippen MR) is 53.6 cm³/mol. The summed E-state index contributed by atoms with van der Waals surface area (Å²) in [6, 6.07) is 0. The molecule has 0 saturated carbocycles. The molecular formula is C8H17IO. The summed E-state index contributed by atoms with van der Waals surface area (Å²) in [7, 11) is 1.77. The summed E-state index contributed by atoms with van der Waals surface area (Å²) in [5.41, 5.74) is 0. The van der Waals surface area contributed by atoms with E-state index in [2.05, 4.69) is 29.5 Å². The maximum atomic E-state index is 5.12. The van der Waals surface area contributed by atoms with Crippen LogP contribution in [0.4, 0.5) is 0 Å². The van der Waals surface area contributed by atoms with Crippen LogP contribution in [0, 0.1) is 0 Å². The average Bonchev–Trinajstić information content (AvgIpc) is 1.98. The third-order valence-electron chi connectivity index (χ3n) is 1.54. The van der Waals surface area contributed by atoms with E-state index in [1.54, 1.807) is 7.11 Å². The lowest BCUT2D eigenvalue weighted by atomic mass is 10.2. The van der Waals surface area contributed by atoms with Crippen molar-refractivity contribution in [1.82, 2.24) is 0 Å². The first-order valence-corrected chi connectivity index (χ1v) is 5.22. The number of ether oxygens (including phenoxy) is 1. The van der Waals surface area contributed by atoms with E-state index in [4.69, 9.17) is 4.74 Å². The van der Waals surface area contributed by atoms with Crippen molar-refractivity contribution >= 4 is 22.6 Å². The van der Waals surface area contributed by atoms with Crippen molar-refractivity contribution in [2.24, 2.45) is 0 Å². The molecule has 0 heterocycles. The Morgan fingerprint density at radius 3 is 2.50 bits per heavy atom. The van der Waals surface area contributed by atoms with Crippen LogP contribution < -0.4 is 0 Å². The summed E-state index contributed by atoms with van der Waals surface area (Å²) in [5.74, 6) is 0. The summed E-state index contributed by atoms with van der Waals surface area (Å²) < 4.78 is 5.54. The largest absolute Gasteiger partial charge is 0.371 e. The molecule has 1 atom stereocenters. The molecule has 0 unspecified atom stereocenters. The van der Waals surface area contributed by atoms with Crippen molar-refractivity contribution < 1.29 is 4.74 Å². The van der Waals surface area contributed by atoms with Gasteiger partial charge in [0.2, 0.25) is 0 Å². The van der Waals surface area contributed by atoms with Gasteiger partial charge >= 0.3 is 0 Å². The maximum Gasteiger partial charge on any atom is 0.108 e. The third-order valence-corrected chi connectivity index (χ3v) is 2.67. The van der Waals surface area contributed by atoms with Crippen LogP contribution in [0.25, 0.3) is 0 Å². The second-order valence-corrected chi connectivity index (χ2v) is 3.88. The van der Waals surface area contributed by atoms with Gasteiger partial charge < -0.3 is 4.74 Å². The first-order valence-electron chi connectivity index (χ1n) is 3.98. The van der Waals surface area contributed by atoms with Crippen LogP contribution in [0.3, 0.4) is 0 Å². The van der Waals surface area contributed by atoms with E-state index < -0.39 is 0 Å². The molecule has 0 aromatic heterocycles. The summed E-state index contributed by atoms with van der Waals surface area (Å²) in [6.07, 6.45) is 6.57. The van der Waals surface area contributed by atoms with Crippen LogP contribution in [0.2, 0.25) is 0 Å². The Balaban J connectivity index is 2.89. The van der Waals surface area contributed by atoms with Crippen molar-refractivity contribution in [3.63, 3.8) is 0 Å². The maximum absolute atomic E-state index is 5.12. The van der Waals surface area contributed by atoms with E-state index in [1.165, 1.54) is 32.1 Å². The Bertz CT molecular complexity index is 66.3. The van der Waals surface area contributed by atoms with Gasteiger partial charge in [0, 0.05) is 7.11 Å². The van der Waals surface area contributed by atoms with Crippen molar-refractivity contribution in [3.05, 3.63) is 0 Å². The van der Waals surface area contributed by atoms with Crippen molar-refractivity contribution in [2.75, 3.05) is 7.11 Å². The fraction of sp³-hybridized carbons (Fsp3) is 1.00. The molecule has 62 valence electrons. The average molecular weight is 256 g/mol. The third kappa shape index (κ3) is 6.81. The zero-order valence-corrected chi connectivity index (χ0v) is 9.06. The van der Waals surface area contributed by atoms with Gasteiger partial charge in [-0.3, -0.25) is 0 Å². The molecule has 0 aromatic carbocycles. The number of methoxy groups -OCH3 is 1. The molecule has 1 nitrogen and oxygen atoms in total. The smallest absolute Gasteiger partial charge is 0.108 e. The molecule has 0 spiro atoms. The normalized spacial score (nSPS) is 13.5. The Morgan fingerprint density at radius 1 is 1.30 bits per heavy atom. The standard InChI is InChI=1S/C8H17IO/c1-3-4-5-6-7-8(9)10-2/h8H,3-7H2,1-2H3/t8-/m0/s1. The molecule has 0 saturated heterocycles. The number of alkyl halides is 1. The minimum absolute atomic E-state index is 0.425. The molecule has 0 fully saturated rings. The van der Waals surface area contributed by atoms with Gasteiger partial charge in [-0.05, 0) is 6.42 Å². The number of halogens is 1. The van der Waals surface area contributed by atoms with Crippen LogP contribution in [0.1, 0.15) is 39.0 Å². The minimum Gasteiger partial charge on any atom is -0.371 e. The van der Waals surface area contributed by atoms with Gasteiger partial charge in [0.25, 0.3) is 0 Å². The second kappa shape index (κ2) is 7.79. The molecule has 10 heavy (non-hydrogen) atoms. The quantitative estimate of drug-likeness (QED) is 0.402. The molecule has 0 rings (SSSR count). The van der Waals surface area contributed by atoms with Crippen molar-refractivity contribution in [3.8, 4) is 0 Å². The molecule has 0 bridgehead atoms. The Morgan fingerprint density at radius 2 is 2.00 bits per heavy atom. The molecule has 0 aliphatic carbocycles. The highest BCUT2D eigenvalue weighted by atomic mass is 127. The zero-order valence-electron chi connectivity index (χ0n) is 6.90. The Labute approximate surface area is 77.7 Å². The molecule has 0 amide bonds.